The van der Waals surface area contributed by atoms with Crippen molar-refractivity contribution in [3.8, 4) is 0 Å². The smallest absolute Gasteiger partial charge is 0.311 e. The first-order valence-corrected chi connectivity index (χ1v) is 8.28. The van der Waals surface area contributed by atoms with Crippen LogP contribution in [0.1, 0.15) is 17.5 Å². The maximum Gasteiger partial charge on any atom is 0.311 e. The Balaban J connectivity index is 1.61. The zero-order chi connectivity index (χ0) is 17.8. The zero-order valence-corrected chi connectivity index (χ0v) is 14.1. The zero-order valence-electron chi connectivity index (χ0n) is 14.1. The van der Waals surface area contributed by atoms with Crippen LogP contribution in [0.5, 0.6) is 0 Å². The molecule has 0 radical (unpaired) electrons. The average Bonchev–Trinajstić information content (AvgIpc) is 3.03. The van der Waals surface area contributed by atoms with E-state index in [1.807, 2.05) is 24.3 Å². The first-order chi connectivity index (χ1) is 12.1. The van der Waals surface area contributed by atoms with Crippen molar-refractivity contribution in [3.63, 3.8) is 0 Å². The van der Waals surface area contributed by atoms with Crippen LogP contribution in [0.4, 0.5) is 10.1 Å². The van der Waals surface area contributed by atoms with Gasteiger partial charge in [0.15, 0.2) is 0 Å². The molecule has 130 valence electrons. The lowest BCUT2D eigenvalue weighted by atomic mass is 10.0. The monoisotopic (exact) mass is 341 g/mol. The summed E-state index contributed by atoms with van der Waals surface area (Å²) in [5.74, 6) is -1.02. The highest BCUT2D eigenvalue weighted by molar-refractivity contribution is 5.99. The third-order valence-electron chi connectivity index (χ3n) is 4.52. The molecule has 0 N–H and O–H groups in total. The second kappa shape index (κ2) is 7.47. The van der Waals surface area contributed by atoms with Crippen molar-refractivity contribution >= 4 is 17.6 Å². The molecular weight excluding hydrogens is 321 g/mol. The van der Waals surface area contributed by atoms with Crippen molar-refractivity contribution in [3.05, 3.63) is 65.5 Å². The van der Waals surface area contributed by atoms with E-state index in [1.165, 1.54) is 19.2 Å². The highest BCUT2D eigenvalue weighted by Gasteiger charge is 2.35. The molecule has 5 heteroatoms. The Bertz CT molecular complexity index is 756. The van der Waals surface area contributed by atoms with E-state index < -0.39 is 5.92 Å². The van der Waals surface area contributed by atoms with E-state index in [-0.39, 0.29) is 24.1 Å². The number of esters is 1. The summed E-state index contributed by atoms with van der Waals surface area (Å²) in [6.07, 6.45) is 1.86. The van der Waals surface area contributed by atoms with Gasteiger partial charge in [-0.15, -0.1) is 0 Å². The minimum Gasteiger partial charge on any atom is -0.469 e. The molecule has 0 spiro atoms. The number of carbonyl (C=O) groups excluding carboxylic acids is 2. The molecule has 3 rings (SSSR count). The fourth-order valence-electron chi connectivity index (χ4n) is 3.06. The van der Waals surface area contributed by atoms with E-state index in [0.717, 1.165) is 29.7 Å². The maximum atomic E-state index is 12.9. The Hall–Kier alpha value is -2.69. The molecule has 1 fully saturated rings. The van der Waals surface area contributed by atoms with E-state index in [2.05, 4.69) is 0 Å². The first-order valence-electron chi connectivity index (χ1n) is 8.28. The molecule has 0 saturated carbocycles. The number of carbonyl (C=O) groups is 2. The van der Waals surface area contributed by atoms with E-state index in [9.17, 15) is 14.0 Å². The van der Waals surface area contributed by atoms with Gasteiger partial charge in [-0.05, 0) is 48.2 Å². The summed E-state index contributed by atoms with van der Waals surface area (Å²) in [5, 5.41) is 0. The normalized spacial score (nSPS) is 17.0. The largest absolute Gasteiger partial charge is 0.469 e. The molecule has 0 aromatic heterocycles. The van der Waals surface area contributed by atoms with Gasteiger partial charge in [0.2, 0.25) is 5.91 Å². The van der Waals surface area contributed by atoms with Crippen molar-refractivity contribution in [2.45, 2.75) is 19.3 Å². The number of aryl methyl sites for hydroxylation is 2. The summed E-state index contributed by atoms with van der Waals surface area (Å²) < 4.78 is 17.6. The lowest BCUT2D eigenvalue weighted by Gasteiger charge is -2.16. The summed E-state index contributed by atoms with van der Waals surface area (Å²) in [6, 6.07) is 14.3. The number of rotatable bonds is 5. The first kappa shape index (κ1) is 17.1. The molecular formula is C20H20FNO3. The molecule has 1 atom stereocenters. The van der Waals surface area contributed by atoms with Crippen molar-refractivity contribution < 1.29 is 18.7 Å². The van der Waals surface area contributed by atoms with Crippen molar-refractivity contribution in [2.24, 2.45) is 5.92 Å². The Kier molecular flexibility index (Phi) is 5.12. The summed E-state index contributed by atoms with van der Waals surface area (Å²) in [4.78, 5) is 25.4. The Morgan fingerprint density at radius 2 is 1.64 bits per heavy atom. The fraction of sp³-hybridized carbons (Fsp3) is 0.300. The van der Waals surface area contributed by atoms with Crippen LogP contribution in [0, 0.1) is 11.7 Å². The van der Waals surface area contributed by atoms with Gasteiger partial charge in [-0.3, -0.25) is 9.59 Å². The molecule has 0 bridgehead atoms. The Labute approximate surface area is 146 Å². The lowest BCUT2D eigenvalue weighted by Crippen LogP contribution is -2.26. The van der Waals surface area contributed by atoms with Crippen LogP contribution in [0.2, 0.25) is 0 Å². The van der Waals surface area contributed by atoms with Crippen LogP contribution in [0.3, 0.4) is 0 Å². The molecule has 1 aliphatic heterocycles. The molecule has 1 heterocycles. The van der Waals surface area contributed by atoms with Crippen LogP contribution in [0.25, 0.3) is 0 Å². The van der Waals surface area contributed by atoms with E-state index in [1.54, 1.807) is 17.0 Å². The average molecular weight is 341 g/mol. The number of anilines is 1. The Morgan fingerprint density at radius 3 is 2.20 bits per heavy atom. The van der Waals surface area contributed by atoms with Crippen molar-refractivity contribution in [1.29, 1.82) is 0 Å². The van der Waals surface area contributed by atoms with Gasteiger partial charge < -0.3 is 9.64 Å². The predicted molar refractivity (Wildman–Crippen MR) is 92.7 cm³/mol. The number of nitrogens with zero attached hydrogens (tertiary/aromatic N) is 1. The number of benzene rings is 2. The summed E-state index contributed by atoms with van der Waals surface area (Å²) >= 11 is 0. The number of methoxy groups -OCH3 is 1. The molecule has 0 unspecified atom stereocenters. The summed E-state index contributed by atoms with van der Waals surface area (Å²) in [5.41, 5.74) is 3.02. The van der Waals surface area contributed by atoms with Crippen LogP contribution in [-0.2, 0) is 27.2 Å². The van der Waals surface area contributed by atoms with Gasteiger partial charge >= 0.3 is 5.97 Å². The molecule has 1 saturated heterocycles. The van der Waals surface area contributed by atoms with Crippen LogP contribution >= 0.6 is 0 Å². The standard InChI is InChI=1S/C20H20FNO3/c1-25-20(24)16-12-19(23)22(13-16)18-10-6-15(7-11-18)3-2-14-4-8-17(21)9-5-14/h4-11,16H,2-3,12-13H2,1H3/t16-/m0/s1. The van der Waals surface area contributed by atoms with Gasteiger partial charge in [-0.25, -0.2) is 4.39 Å². The van der Waals surface area contributed by atoms with Gasteiger partial charge in [0.1, 0.15) is 5.82 Å². The number of amides is 1. The summed E-state index contributed by atoms with van der Waals surface area (Å²) in [6.45, 7) is 0.362. The second-order valence-electron chi connectivity index (χ2n) is 6.22. The third kappa shape index (κ3) is 4.05. The highest BCUT2D eigenvalue weighted by Crippen LogP contribution is 2.26. The molecule has 2 aromatic rings. The van der Waals surface area contributed by atoms with Crippen molar-refractivity contribution in [1.82, 2.24) is 0 Å². The van der Waals surface area contributed by atoms with Crippen molar-refractivity contribution in [2.75, 3.05) is 18.6 Å². The number of hydrogen-bond donors (Lipinski definition) is 0. The lowest BCUT2D eigenvalue weighted by molar-refractivity contribution is -0.145. The van der Waals surface area contributed by atoms with E-state index in [4.69, 9.17) is 4.74 Å². The number of halogens is 1. The highest BCUT2D eigenvalue weighted by atomic mass is 19.1. The fourth-order valence-corrected chi connectivity index (χ4v) is 3.06. The number of ether oxygens (including phenoxy) is 1. The van der Waals surface area contributed by atoms with Gasteiger partial charge in [0.05, 0.1) is 13.0 Å². The van der Waals surface area contributed by atoms with Gasteiger partial charge in [-0.1, -0.05) is 24.3 Å². The molecule has 0 aliphatic carbocycles. The van der Waals surface area contributed by atoms with Gasteiger partial charge in [-0.2, -0.15) is 0 Å². The molecule has 25 heavy (non-hydrogen) atoms. The quantitative estimate of drug-likeness (QED) is 0.785. The minimum absolute atomic E-state index is 0.0607. The van der Waals surface area contributed by atoms with Crippen LogP contribution in [0.15, 0.2) is 48.5 Å². The molecule has 4 nitrogen and oxygen atoms in total. The Morgan fingerprint density at radius 1 is 1.08 bits per heavy atom. The SMILES string of the molecule is COC(=O)[C@H]1CC(=O)N(c2ccc(CCc3ccc(F)cc3)cc2)C1. The summed E-state index contributed by atoms with van der Waals surface area (Å²) in [7, 11) is 1.34. The maximum absolute atomic E-state index is 12.9. The van der Waals surface area contributed by atoms with Crippen LogP contribution < -0.4 is 4.90 Å². The molecule has 1 amide bonds. The topological polar surface area (TPSA) is 46.6 Å². The second-order valence-corrected chi connectivity index (χ2v) is 6.22. The van der Waals surface area contributed by atoms with E-state index in [0.29, 0.717) is 6.54 Å². The minimum atomic E-state index is -0.393. The van der Waals surface area contributed by atoms with E-state index >= 15 is 0 Å². The predicted octanol–water partition coefficient (Wildman–Crippen LogP) is 3.14. The molecule has 1 aliphatic rings. The van der Waals surface area contributed by atoms with Crippen LogP contribution in [-0.4, -0.2) is 25.5 Å². The van der Waals surface area contributed by atoms with Gasteiger partial charge in [0, 0.05) is 18.7 Å². The van der Waals surface area contributed by atoms with Gasteiger partial charge in [0.25, 0.3) is 0 Å². The third-order valence-corrected chi connectivity index (χ3v) is 4.52. The molecule has 2 aromatic carbocycles. The number of hydrogen-bond acceptors (Lipinski definition) is 3.